The van der Waals surface area contributed by atoms with Gasteiger partial charge in [0.25, 0.3) is 11.1 Å². The highest BCUT2D eigenvalue weighted by atomic mass is 35.5. The van der Waals surface area contributed by atoms with Crippen LogP contribution in [-0.2, 0) is 0 Å². The lowest BCUT2D eigenvalue weighted by molar-refractivity contribution is 0.416. The number of aromatic nitrogens is 2. The average Bonchev–Trinajstić information content (AvgIpc) is 2.32. The normalized spacial score (nSPS) is 10.2. The molecule has 0 atom stereocenters. The molecule has 1 aromatic carbocycles. The molecule has 0 aliphatic heterocycles. The van der Waals surface area contributed by atoms with Crippen molar-refractivity contribution in [2.45, 2.75) is 0 Å². The molecular weight excluding hydrogens is 244 g/mol. The van der Waals surface area contributed by atoms with Gasteiger partial charge >= 0.3 is 0 Å². The lowest BCUT2D eigenvalue weighted by Gasteiger charge is -2.07. The Kier molecular flexibility index (Phi) is 3.01. The summed E-state index contributed by atoms with van der Waals surface area (Å²) in [6, 6.07) is 6.06. The summed E-state index contributed by atoms with van der Waals surface area (Å²) < 4.78 is 5.13. The Morgan fingerprint density at radius 1 is 1.12 bits per heavy atom. The lowest BCUT2D eigenvalue weighted by atomic mass is 10.1. The zero-order valence-corrected chi connectivity index (χ0v) is 9.67. The second-order valence-corrected chi connectivity index (χ2v) is 3.78. The maximum atomic E-state index is 11.6. The van der Waals surface area contributed by atoms with Crippen molar-refractivity contribution in [1.29, 1.82) is 0 Å². The fourth-order valence-corrected chi connectivity index (χ4v) is 1.68. The SMILES string of the molecule is COc1ccc(Cl)cc1-c1cc(=O)[nH][nH]c1=O. The number of hydrogen-bond donors (Lipinski definition) is 2. The van der Waals surface area contributed by atoms with Gasteiger partial charge in [0, 0.05) is 16.7 Å². The summed E-state index contributed by atoms with van der Waals surface area (Å²) >= 11 is 5.86. The molecule has 88 valence electrons. The molecule has 2 rings (SSSR count). The van der Waals surface area contributed by atoms with Crippen LogP contribution >= 0.6 is 11.6 Å². The van der Waals surface area contributed by atoms with E-state index in [4.69, 9.17) is 16.3 Å². The van der Waals surface area contributed by atoms with Crippen LogP contribution in [0, 0.1) is 0 Å². The third kappa shape index (κ3) is 2.24. The summed E-state index contributed by atoms with van der Waals surface area (Å²) in [5.74, 6) is 0.477. The Morgan fingerprint density at radius 2 is 1.88 bits per heavy atom. The monoisotopic (exact) mass is 252 g/mol. The maximum Gasteiger partial charge on any atom is 0.270 e. The Bertz CT molecular complexity index is 660. The minimum atomic E-state index is -0.412. The molecule has 0 spiro atoms. The summed E-state index contributed by atoms with van der Waals surface area (Å²) in [7, 11) is 1.48. The summed E-state index contributed by atoms with van der Waals surface area (Å²) in [6.07, 6.45) is 0. The molecule has 2 aromatic rings. The first-order valence-corrected chi connectivity index (χ1v) is 5.15. The van der Waals surface area contributed by atoms with Crippen molar-refractivity contribution in [1.82, 2.24) is 10.2 Å². The Balaban J connectivity index is 2.75. The second kappa shape index (κ2) is 4.47. The number of benzene rings is 1. The van der Waals surface area contributed by atoms with Crippen molar-refractivity contribution in [3.8, 4) is 16.9 Å². The smallest absolute Gasteiger partial charge is 0.270 e. The van der Waals surface area contributed by atoms with Gasteiger partial charge < -0.3 is 4.74 Å². The van der Waals surface area contributed by atoms with Crippen molar-refractivity contribution >= 4 is 11.6 Å². The molecule has 0 aliphatic carbocycles. The number of aromatic amines is 2. The molecule has 5 nitrogen and oxygen atoms in total. The molecule has 0 unspecified atom stereocenters. The van der Waals surface area contributed by atoms with Gasteiger partial charge in [-0.05, 0) is 18.2 Å². The molecule has 2 N–H and O–H groups in total. The van der Waals surface area contributed by atoms with Crippen molar-refractivity contribution in [2.75, 3.05) is 7.11 Å². The van der Waals surface area contributed by atoms with E-state index in [-0.39, 0.29) is 5.56 Å². The molecule has 17 heavy (non-hydrogen) atoms. The molecule has 0 fully saturated rings. The van der Waals surface area contributed by atoms with Crippen molar-refractivity contribution in [2.24, 2.45) is 0 Å². The fraction of sp³-hybridized carbons (Fsp3) is 0.0909. The molecule has 0 bridgehead atoms. The standard InChI is InChI=1S/C11H9ClN2O3/c1-17-9-3-2-6(12)4-7(9)8-5-10(15)13-14-11(8)16/h2-5H,1H3,(H,13,15)(H,14,16). The van der Waals surface area contributed by atoms with Crippen LogP contribution in [-0.4, -0.2) is 17.3 Å². The summed E-state index contributed by atoms with van der Waals surface area (Å²) in [5.41, 5.74) is -0.118. The van der Waals surface area contributed by atoms with Crippen LogP contribution < -0.4 is 15.9 Å². The molecule has 0 radical (unpaired) electrons. The van der Waals surface area contributed by atoms with Crippen molar-refractivity contribution in [3.05, 3.63) is 50.0 Å². The number of ether oxygens (including phenoxy) is 1. The summed E-state index contributed by atoms with van der Waals surface area (Å²) in [4.78, 5) is 22.8. The summed E-state index contributed by atoms with van der Waals surface area (Å²) in [6.45, 7) is 0. The number of H-pyrrole nitrogens is 2. The highest BCUT2D eigenvalue weighted by molar-refractivity contribution is 6.31. The fourth-order valence-electron chi connectivity index (χ4n) is 1.51. The van der Waals surface area contributed by atoms with E-state index in [1.807, 2.05) is 0 Å². The first kappa shape index (κ1) is 11.5. The number of rotatable bonds is 2. The van der Waals surface area contributed by atoms with Gasteiger partial charge in [-0.15, -0.1) is 0 Å². The van der Waals surface area contributed by atoms with Gasteiger partial charge in [0.2, 0.25) is 0 Å². The minimum absolute atomic E-state index is 0.216. The molecule has 0 saturated carbocycles. The van der Waals surface area contributed by atoms with E-state index in [2.05, 4.69) is 10.2 Å². The van der Waals surface area contributed by atoms with E-state index >= 15 is 0 Å². The van der Waals surface area contributed by atoms with E-state index in [1.54, 1.807) is 18.2 Å². The van der Waals surface area contributed by atoms with Gasteiger partial charge in [-0.2, -0.15) is 0 Å². The minimum Gasteiger partial charge on any atom is -0.496 e. The predicted octanol–water partition coefficient (Wildman–Crippen LogP) is 1.39. The van der Waals surface area contributed by atoms with E-state index in [0.29, 0.717) is 16.3 Å². The number of methoxy groups -OCH3 is 1. The topological polar surface area (TPSA) is 75.0 Å². The van der Waals surface area contributed by atoms with Crippen LogP contribution in [0.1, 0.15) is 0 Å². The Hall–Kier alpha value is -2.01. The first-order valence-electron chi connectivity index (χ1n) is 4.77. The highest BCUT2D eigenvalue weighted by Crippen LogP contribution is 2.29. The third-order valence-electron chi connectivity index (χ3n) is 2.27. The number of nitrogens with one attached hydrogen (secondary N) is 2. The maximum absolute atomic E-state index is 11.6. The van der Waals surface area contributed by atoms with Crippen LogP contribution in [0.25, 0.3) is 11.1 Å². The predicted molar refractivity (Wildman–Crippen MR) is 64.7 cm³/mol. The van der Waals surface area contributed by atoms with E-state index < -0.39 is 11.1 Å². The van der Waals surface area contributed by atoms with Crippen LogP contribution in [0.2, 0.25) is 5.02 Å². The summed E-state index contributed by atoms with van der Waals surface area (Å²) in [5, 5.41) is 4.90. The number of halogens is 1. The quantitative estimate of drug-likeness (QED) is 0.848. The molecular formula is C11H9ClN2O3. The van der Waals surface area contributed by atoms with Gasteiger partial charge in [0.15, 0.2) is 0 Å². The Morgan fingerprint density at radius 3 is 2.59 bits per heavy atom. The Labute approximate surface area is 101 Å². The molecule has 0 aliphatic rings. The van der Waals surface area contributed by atoms with Gasteiger partial charge in [0.1, 0.15) is 5.75 Å². The van der Waals surface area contributed by atoms with Gasteiger partial charge in [0.05, 0.1) is 12.7 Å². The van der Waals surface area contributed by atoms with E-state index in [0.717, 1.165) is 0 Å². The first-order chi connectivity index (χ1) is 8.11. The van der Waals surface area contributed by atoms with Gasteiger partial charge in [-0.1, -0.05) is 11.6 Å². The molecule has 1 aromatic heterocycles. The zero-order valence-electron chi connectivity index (χ0n) is 8.91. The van der Waals surface area contributed by atoms with Crippen LogP contribution in [0.5, 0.6) is 5.75 Å². The second-order valence-electron chi connectivity index (χ2n) is 3.35. The van der Waals surface area contributed by atoms with Crippen LogP contribution in [0.3, 0.4) is 0 Å². The molecule has 6 heteroatoms. The van der Waals surface area contributed by atoms with Crippen molar-refractivity contribution in [3.63, 3.8) is 0 Å². The van der Waals surface area contributed by atoms with E-state index in [9.17, 15) is 9.59 Å². The number of hydrogen-bond acceptors (Lipinski definition) is 3. The van der Waals surface area contributed by atoms with Crippen molar-refractivity contribution < 1.29 is 4.74 Å². The largest absolute Gasteiger partial charge is 0.496 e. The van der Waals surface area contributed by atoms with Gasteiger partial charge in [-0.25, -0.2) is 0 Å². The van der Waals surface area contributed by atoms with Crippen LogP contribution in [0.4, 0.5) is 0 Å². The molecule has 0 saturated heterocycles. The molecule has 1 heterocycles. The van der Waals surface area contributed by atoms with Gasteiger partial charge in [-0.3, -0.25) is 19.8 Å². The molecule has 0 amide bonds. The highest BCUT2D eigenvalue weighted by Gasteiger charge is 2.10. The zero-order chi connectivity index (χ0) is 12.4. The van der Waals surface area contributed by atoms with E-state index in [1.165, 1.54) is 13.2 Å². The van der Waals surface area contributed by atoms with Crippen LogP contribution in [0.15, 0.2) is 33.9 Å². The average molecular weight is 253 g/mol. The lowest BCUT2D eigenvalue weighted by Crippen LogP contribution is -2.19. The third-order valence-corrected chi connectivity index (χ3v) is 2.51.